The van der Waals surface area contributed by atoms with Crippen LogP contribution in [0.15, 0.2) is 126 Å². The van der Waals surface area contributed by atoms with Gasteiger partial charge < -0.3 is 88.8 Å². The molecule has 7 aromatic heterocycles. The summed E-state index contributed by atoms with van der Waals surface area (Å²) < 4.78 is 45.7. The molecule has 125 heavy (non-hydrogen) atoms. The summed E-state index contributed by atoms with van der Waals surface area (Å²) in [6.07, 6.45) is 40.4. The first-order valence-electron chi connectivity index (χ1n) is 38.9. The smallest absolute Gasteiger partial charge is 0.376 e. The number of nitrogens with zero attached hydrogens (tertiary/aromatic N) is 12. The van der Waals surface area contributed by atoms with Crippen molar-refractivity contribution in [2.24, 2.45) is 10.6 Å². The van der Waals surface area contributed by atoms with Gasteiger partial charge in [0.15, 0.2) is 5.81 Å². The number of nitrogens with two attached hydrogens (primary N) is 1. The third kappa shape index (κ3) is 50.3. The fourth-order valence-electron chi connectivity index (χ4n) is 8.95. The Morgan fingerprint density at radius 1 is 0.504 bits per heavy atom. The zero-order valence-electron chi connectivity index (χ0n) is 75.7. The molecule has 0 aliphatic rings. The van der Waals surface area contributed by atoms with E-state index in [9.17, 15) is 43.6 Å². The van der Waals surface area contributed by atoms with Crippen LogP contribution in [0.2, 0.25) is 13.6 Å². The van der Waals surface area contributed by atoms with Crippen molar-refractivity contribution in [3.63, 3.8) is 0 Å². The van der Waals surface area contributed by atoms with E-state index in [1.54, 1.807) is 98.2 Å². The van der Waals surface area contributed by atoms with Crippen molar-refractivity contribution in [3.8, 4) is 47.6 Å². The number of halogens is 2. The van der Waals surface area contributed by atoms with E-state index in [0.29, 0.717) is 70.7 Å². The molecule has 0 saturated heterocycles. The van der Waals surface area contributed by atoms with Gasteiger partial charge in [-0.15, -0.1) is 30.6 Å². The van der Waals surface area contributed by atoms with Crippen molar-refractivity contribution >= 4 is 118 Å². The average molecular weight is 1970 g/mol. The van der Waals surface area contributed by atoms with Gasteiger partial charge in [-0.05, 0) is 131 Å². The number of nitrogens with one attached hydrogen (secondary N) is 8. The maximum absolute atomic E-state index is 11.3. The Balaban J connectivity index is 0. The van der Waals surface area contributed by atoms with Gasteiger partial charge in [0.25, 0.3) is 11.1 Å². The van der Waals surface area contributed by atoms with E-state index >= 15 is 0 Å². The summed E-state index contributed by atoms with van der Waals surface area (Å²) >= 11 is 2.09. The van der Waals surface area contributed by atoms with Crippen LogP contribution in [0.5, 0.6) is 47.6 Å². The summed E-state index contributed by atoms with van der Waals surface area (Å²) in [7, 11) is 28.5. The molecule has 1 amide bonds. The van der Waals surface area contributed by atoms with E-state index in [1.165, 1.54) is 66.3 Å². The number of hydrogen-bond acceptors (Lipinski definition) is 32. The largest absolute Gasteiger partial charge is 0.480 e. The first-order valence-corrected chi connectivity index (χ1v) is 40.0. The van der Waals surface area contributed by atoms with Crippen LogP contribution in [0, 0.1) is 3.57 Å². The fourth-order valence-corrected chi connectivity index (χ4v) is 9.43. The van der Waals surface area contributed by atoms with Crippen molar-refractivity contribution in [1.82, 2.24) is 94.9 Å². The number of amides is 1. The Bertz CT molecular complexity index is 4650. The van der Waals surface area contributed by atoms with E-state index in [4.69, 9.17) is 56.1 Å². The van der Waals surface area contributed by atoms with E-state index in [2.05, 4.69) is 128 Å². The number of carbonyl (C=O) groups excluding carboxylic acids is 1. The first-order chi connectivity index (χ1) is 58.9. The van der Waals surface area contributed by atoms with Gasteiger partial charge in [-0.2, -0.15) is 19.9 Å². The van der Waals surface area contributed by atoms with Gasteiger partial charge in [-0.3, -0.25) is 24.4 Å². The molecule has 39 nitrogen and oxygen atoms in total. The molecule has 0 bridgehead atoms. The van der Waals surface area contributed by atoms with E-state index in [-0.39, 0.29) is 77.3 Å². The first kappa shape index (κ1) is 116. The SMILES string of the molecule is CN[C@@H](C)C/C=C/c1c[nH]c(=O)[nH]c1=O.CN[C@@H](C)C/C=C/c1c[nH]c(=O)[nH]c1=O.COB=N[C@@H](C)C/C=C/c1c[nH]c(=O)[nH]c1=O.COc1ncc(/C=C/C[C@H](C)N(C)B(C)O)c(OC)n1.COc1ncc(/C=C/C[C@H](C)N(C)B(C)O)c(OC)n1.COc1ncc(/C=C/C[C@H](C)N)c(OC)n1.COc1ncc(I)c(OC)n1.I.[B]C(=O)N(C)[C@@H](C)CC=C. The second kappa shape index (κ2) is 67.8. The molecule has 0 fully saturated rings. The number of ether oxygens (including phenoxy) is 8. The Hall–Kier alpha value is -10.6. The van der Waals surface area contributed by atoms with Gasteiger partial charge in [0.05, 0.1) is 94.5 Å². The molecule has 12 N–H and O–H groups in total. The van der Waals surface area contributed by atoms with Crippen molar-refractivity contribution < 1.29 is 57.4 Å². The van der Waals surface area contributed by atoms with Gasteiger partial charge in [-0.25, -0.2) is 29.5 Å². The molecule has 45 heteroatoms. The van der Waals surface area contributed by atoms with Crippen LogP contribution in [0.4, 0.5) is 4.79 Å². The third-order valence-corrected chi connectivity index (χ3v) is 17.9. The van der Waals surface area contributed by atoms with Crippen LogP contribution >= 0.6 is 46.6 Å². The minimum absolute atomic E-state index is 0. The molecule has 7 rings (SSSR count). The Labute approximate surface area is 764 Å². The van der Waals surface area contributed by atoms with Gasteiger partial charge in [0.1, 0.15) is 0 Å². The molecule has 0 unspecified atom stereocenters. The van der Waals surface area contributed by atoms with Gasteiger partial charge in [0.2, 0.25) is 31.4 Å². The summed E-state index contributed by atoms with van der Waals surface area (Å²) in [6.45, 7) is 21.1. The molecule has 7 heterocycles. The molecule has 0 spiro atoms. The molecule has 0 aromatic carbocycles. The van der Waals surface area contributed by atoms with E-state index < -0.39 is 42.5 Å². The van der Waals surface area contributed by atoms with Crippen molar-refractivity contribution in [3.05, 3.63) is 192 Å². The van der Waals surface area contributed by atoms with Gasteiger partial charge >= 0.3 is 148 Å². The van der Waals surface area contributed by atoms with Gasteiger partial charge in [0, 0.05) is 74.3 Å². The predicted octanol–water partition coefficient (Wildman–Crippen LogP) is 7.24. The van der Waals surface area contributed by atoms with Crippen LogP contribution in [0.3, 0.4) is 0 Å². The summed E-state index contributed by atoms with van der Waals surface area (Å²) in [5.74, 6) is 1.59. The summed E-state index contributed by atoms with van der Waals surface area (Å²) in [5, 5.41) is 25.2. The van der Waals surface area contributed by atoms with Crippen LogP contribution in [0.25, 0.3) is 36.5 Å². The van der Waals surface area contributed by atoms with E-state index in [1.807, 2.05) is 127 Å². The Morgan fingerprint density at radius 2 is 0.808 bits per heavy atom. The molecule has 7 aromatic rings. The quantitative estimate of drug-likeness (QED) is 0.0104. The average Bonchev–Trinajstić information content (AvgIpc) is 0.786. The molecule has 0 saturated carbocycles. The predicted molar refractivity (Wildman–Crippen MR) is 514 cm³/mol. The molecular weight excluding hydrogens is 1840 g/mol. The Kier molecular flexibility index (Phi) is 63.2. The number of aromatic nitrogens is 14. The number of methoxy groups -OCH3 is 8. The van der Waals surface area contributed by atoms with Crippen LogP contribution in [-0.2, 0) is 4.65 Å². The van der Waals surface area contributed by atoms with Gasteiger partial charge in [-0.1, -0.05) is 80.7 Å². The van der Waals surface area contributed by atoms with Crippen molar-refractivity contribution in [1.29, 1.82) is 0 Å². The second-order valence-electron chi connectivity index (χ2n) is 26.9. The minimum atomic E-state index is -0.509. The maximum Gasteiger partial charge on any atom is 0.376 e. The minimum Gasteiger partial charge on any atom is -0.480 e. The fraction of sp³-hybridized carbons (Fsp3) is 0.463. The van der Waals surface area contributed by atoms with Crippen LogP contribution in [0.1, 0.15) is 127 Å². The molecule has 2 radical (unpaired) electrons. The van der Waals surface area contributed by atoms with Crippen LogP contribution < -0.4 is 88.0 Å². The topological polar surface area (TPSA) is 513 Å². The summed E-state index contributed by atoms with van der Waals surface area (Å²) in [6, 6.07) is 2.73. The number of carbonyl (C=O) groups is 1. The zero-order chi connectivity index (χ0) is 93.8. The summed E-state index contributed by atoms with van der Waals surface area (Å²) in [5.41, 5.74) is 6.73. The van der Waals surface area contributed by atoms with Crippen molar-refractivity contribution in [2.45, 2.75) is 149 Å². The van der Waals surface area contributed by atoms with Crippen LogP contribution in [-0.4, -0.2) is 271 Å². The summed E-state index contributed by atoms with van der Waals surface area (Å²) in [4.78, 5) is 132. The normalized spacial score (nSPS) is 12.4. The molecule has 0 aliphatic heterocycles. The monoisotopic (exact) mass is 1970 g/mol. The Morgan fingerprint density at radius 3 is 1.09 bits per heavy atom. The number of H-pyrrole nitrogens is 6. The number of hydrogen-bond donors (Lipinski definition) is 11. The number of rotatable bonds is 37. The molecule has 7 atom stereocenters. The standard InChI is InChI=1S/2C13H22BN3O3.C11H17N3O2.C10H14BN3O3.2C10H15N3O2.C7H12BNO.C6H7IN2O2.HI/c2*1-10(17(3)14(2)18)7-6-8-11-9-15-13(20-5)16-12(11)19-4;1-8(12)5-4-6-9-7-13-11(16-3)14-10(9)15-2;1-7(14-11-17-2)4-3-5-8-6-12-10(16)13-9(8)15;2*1-7(11-2)4-3-5-8-6-12-10(15)13-9(8)14;1-4-5-6(2)9(3)7(8)10;1-10-5-4(7)3-8-6(9-5)11-2;/h2*6,8-10,18H,7H2,1-5H3;4,6-8H,5,12H2,1-3H3;3,5-7H,4H2,1-2H3,(H2,12,13,15,16);2*3,5-7,11H,4H2,1-2H3,(H2,12,13,14,15);4,6H,1,5H2,2-3H3;3H,1-2H3;1H/b2*8-6+;6-4+;3*5-3+;;;/t2*10-;8-;3*7-;6-;;/m0000000../s1. The zero-order valence-corrected chi connectivity index (χ0v) is 80.2. The van der Waals surface area contributed by atoms with Crippen molar-refractivity contribution in [2.75, 3.05) is 99.2 Å². The van der Waals surface area contributed by atoms with E-state index in [0.717, 1.165) is 58.8 Å². The molecule has 684 valence electrons. The number of aromatic amines is 6. The third-order valence-electron chi connectivity index (χ3n) is 17.2. The molecule has 0 aliphatic carbocycles. The maximum atomic E-state index is 11.3. The molecular formula is C80H125B4I2N21O18. The second-order valence-corrected chi connectivity index (χ2v) is 28.1.